The minimum atomic E-state index is -0.798. The summed E-state index contributed by atoms with van der Waals surface area (Å²) >= 11 is 0. The first-order valence-electron chi connectivity index (χ1n) is 7.41. The molecule has 0 radical (unpaired) electrons. The van der Waals surface area contributed by atoms with E-state index < -0.39 is 23.4 Å². The molecule has 4 aliphatic heterocycles. The van der Waals surface area contributed by atoms with Gasteiger partial charge in [0, 0.05) is 0 Å². The molecular weight excluding hydrogens is 350 g/mol. The molecule has 0 bridgehead atoms. The lowest BCUT2D eigenvalue weighted by Crippen LogP contribution is -2.33. The molecular formula is C12H17NO8S2. The molecule has 0 saturated carbocycles. The van der Waals surface area contributed by atoms with Gasteiger partial charge in [0.15, 0.2) is 6.10 Å². The van der Waals surface area contributed by atoms with Crippen molar-refractivity contribution in [1.82, 2.24) is 0 Å². The first kappa shape index (κ1) is 16.2. The lowest BCUT2D eigenvalue weighted by molar-refractivity contribution is -0.769. The average Bonchev–Trinajstić information content (AvgIpc) is 3.22. The van der Waals surface area contributed by atoms with Crippen LogP contribution in [-0.2, 0) is 23.8 Å². The van der Waals surface area contributed by atoms with E-state index in [9.17, 15) is 15.2 Å². The molecule has 4 aliphatic rings. The van der Waals surface area contributed by atoms with Gasteiger partial charge < -0.3 is 28.9 Å². The summed E-state index contributed by atoms with van der Waals surface area (Å²) in [6, 6.07) is 0. The molecule has 1 unspecified atom stereocenters. The van der Waals surface area contributed by atoms with E-state index in [2.05, 4.69) is 4.84 Å². The van der Waals surface area contributed by atoms with Gasteiger partial charge in [0.2, 0.25) is 0 Å². The Labute approximate surface area is 139 Å². The molecule has 9 nitrogen and oxygen atoms in total. The van der Waals surface area contributed by atoms with Gasteiger partial charge in [-0.25, -0.2) is 0 Å². The van der Waals surface area contributed by atoms with E-state index in [1.54, 1.807) is 21.6 Å². The van der Waals surface area contributed by atoms with Crippen molar-refractivity contribution in [2.24, 2.45) is 0 Å². The highest BCUT2D eigenvalue weighted by Crippen LogP contribution is 2.45. The molecule has 4 heterocycles. The van der Waals surface area contributed by atoms with Gasteiger partial charge in [0.1, 0.15) is 30.5 Å². The Hall–Kier alpha value is -0.300. The molecule has 4 fully saturated rings. The lowest BCUT2D eigenvalue weighted by atomic mass is 10.1. The van der Waals surface area contributed by atoms with Crippen molar-refractivity contribution in [3.05, 3.63) is 10.1 Å². The summed E-state index contributed by atoms with van der Waals surface area (Å²) in [7, 11) is 3.27. The molecule has 11 heteroatoms. The van der Waals surface area contributed by atoms with Crippen LogP contribution in [0.1, 0.15) is 0 Å². The van der Waals surface area contributed by atoms with Crippen LogP contribution < -0.4 is 0 Å². The SMILES string of the molecule is O=[N+]([O-])O[C@@H]1CO[C@H]2[C@@H]1OC[C@@H]2SSC1CO[C@@H]2[C@H](O)CO[C@H]12. The molecule has 1 N–H and O–H groups in total. The van der Waals surface area contributed by atoms with Crippen molar-refractivity contribution >= 4 is 21.6 Å². The summed E-state index contributed by atoms with van der Waals surface area (Å²) in [5, 5.41) is 19.6. The summed E-state index contributed by atoms with van der Waals surface area (Å²) in [5.41, 5.74) is 0. The highest BCUT2D eigenvalue weighted by Gasteiger charge is 2.51. The normalized spacial score (nSPS) is 48.4. The number of hydrogen-bond donors (Lipinski definition) is 1. The van der Waals surface area contributed by atoms with Gasteiger partial charge >= 0.3 is 0 Å². The third-order valence-electron chi connectivity index (χ3n) is 4.47. The van der Waals surface area contributed by atoms with E-state index in [4.69, 9.17) is 18.9 Å². The summed E-state index contributed by atoms with van der Waals surface area (Å²) in [6.07, 6.45) is -2.12. The predicted octanol–water partition coefficient (Wildman–Crippen LogP) is -0.362. The number of rotatable bonds is 5. The Kier molecular flexibility index (Phi) is 4.60. The van der Waals surface area contributed by atoms with Crippen LogP contribution in [0.2, 0.25) is 0 Å². The van der Waals surface area contributed by atoms with Crippen LogP contribution in [-0.4, -0.2) is 83.7 Å². The minimum absolute atomic E-state index is 0.0794. The van der Waals surface area contributed by atoms with E-state index >= 15 is 0 Å². The van der Waals surface area contributed by atoms with Crippen LogP contribution in [0.25, 0.3) is 0 Å². The van der Waals surface area contributed by atoms with Crippen LogP contribution in [0, 0.1) is 10.1 Å². The molecule has 4 rings (SSSR count). The quantitative estimate of drug-likeness (QED) is 0.393. The highest BCUT2D eigenvalue weighted by molar-refractivity contribution is 8.77. The Morgan fingerprint density at radius 3 is 2.17 bits per heavy atom. The highest BCUT2D eigenvalue weighted by atomic mass is 33.1. The van der Waals surface area contributed by atoms with Crippen molar-refractivity contribution in [2.75, 3.05) is 26.4 Å². The maximum absolute atomic E-state index is 10.5. The first-order valence-corrected chi connectivity index (χ1v) is 9.69. The maximum Gasteiger partial charge on any atom is 0.294 e. The van der Waals surface area contributed by atoms with Gasteiger partial charge in [-0.2, -0.15) is 0 Å². The summed E-state index contributed by atoms with van der Waals surface area (Å²) in [6.45, 7) is 1.50. The molecule has 0 spiro atoms. The third kappa shape index (κ3) is 3.03. The van der Waals surface area contributed by atoms with Crippen LogP contribution in [0.4, 0.5) is 0 Å². The number of fused-ring (bicyclic) bond motifs is 2. The number of aliphatic hydroxyl groups excluding tert-OH is 1. The fraction of sp³-hybridized carbons (Fsp3) is 1.00. The van der Waals surface area contributed by atoms with Gasteiger partial charge in [-0.3, -0.25) is 0 Å². The van der Waals surface area contributed by atoms with Gasteiger partial charge in [0.25, 0.3) is 5.09 Å². The molecule has 0 amide bonds. The number of hydrogen-bond acceptors (Lipinski definition) is 10. The summed E-state index contributed by atoms with van der Waals surface area (Å²) in [5.74, 6) is 0. The van der Waals surface area contributed by atoms with Crippen LogP contribution in [0.3, 0.4) is 0 Å². The average molecular weight is 367 g/mol. The topological polar surface area (TPSA) is 110 Å². The first-order chi connectivity index (χ1) is 11.1. The van der Waals surface area contributed by atoms with Crippen LogP contribution >= 0.6 is 21.6 Å². The van der Waals surface area contributed by atoms with Crippen molar-refractivity contribution in [2.45, 2.75) is 47.1 Å². The molecule has 0 aromatic carbocycles. The zero-order valence-corrected chi connectivity index (χ0v) is 13.6. The predicted molar refractivity (Wildman–Crippen MR) is 79.6 cm³/mol. The van der Waals surface area contributed by atoms with Gasteiger partial charge in [0.05, 0.1) is 36.9 Å². The molecule has 23 heavy (non-hydrogen) atoms. The zero-order chi connectivity index (χ0) is 16.0. The second kappa shape index (κ2) is 6.54. The number of nitrogens with zero attached hydrogens (tertiary/aromatic N) is 1. The van der Waals surface area contributed by atoms with Gasteiger partial charge in [-0.15, -0.1) is 10.1 Å². The van der Waals surface area contributed by atoms with Crippen molar-refractivity contribution in [3.8, 4) is 0 Å². The van der Waals surface area contributed by atoms with E-state index in [1.807, 2.05) is 0 Å². The second-order valence-corrected chi connectivity index (χ2v) is 8.65. The van der Waals surface area contributed by atoms with Crippen LogP contribution in [0.5, 0.6) is 0 Å². The number of aliphatic hydroxyl groups is 1. The Bertz CT molecular complexity index is 470. The Balaban J connectivity index is 1.29. The standard InChI is InChI=1S/C12H17NO8S2/c14-5-1-17-11-7(3-19-9(5)11)22-23-8-4-20-10-6(21-13(15)16)2-18-12(8)10/h5-12,14H,1-4H2/t5-,6-,7?,8+,9-,10-,11-,12-/m1/s1. The van der Waals surface area contributed by atoms with E-state index in [-0.39, 0.29) is 35.4 Å². The fourth-order valence-corrected chi connectivity index (χ4v) is 6.47. The molecule has 130 valence electrons. The van der Waals surface area contributed by atoms with E-state index in [1.165, 1.54) is 0 Å². The number of ether oxygens (including phenoxy) is 4. The van der Waals surface area contributed by atoms with Gasteiger partial charge in [-0.05, 0) is 0 Å². The Morgan fingerprint density at radius 1 is 0.913 bits per heavy atom. The van der Waals surface area contributed by atoms with Crippen molar-refractivity contribution < 1.29 is 34.0 Å². The van der Waals surface area contributed by atoms with Gasteiger partial charge in [-0.1, -0.05) is 21.6 Å². The second-order valence-electron chi connectivity index (χ2n) is 5.90. The monoisotopic (exact) mass is 367 g/mol. The summed E-state index contributed by atoms with van der Waals surface area (Å²) in [4.78, 5) is 15.1. The third-order valence-corrected chi connectivity index (χ3v) is 7.70. The minimum Gasteiger partial charge on any atom is -0.388 e. The van der Waals surface area contributed by atoms with Crippen molar-refractivity contribution in [1.29, 1.82) is 0 Å². The molecule has 4 saturated heterocycles. The van der Waals surface area contributed by atoms with Crippen LogP contribution in [0.15, 0.2) is 0 Å². The lowest BCUT2D eigenvalue weighted by Gasteiger charge is -2.19. The maximum atomic E-state index is 10.5. The molecule has 0 aromatic rings. The molecule has 0 aromatic heterocycles. The van der Waals surface area contributed by atoms with E-state index in [0.29, 0.717) is 19.8 Å². The van der Waals surface area contributed by atoms with E-state index in [0.717, 1.165) is 0 Å². The molecule has 0 aliphatic carbocycles. The Morgan fingerprint density at radius 2 is 1.48 bits per heavy atom. The zero-order valence-electron chi connectivity index (χ0n) is 12.0. The largest absolute Gasteiger partial charge is 0.388 e. The van der Waals surface area contributed by atoms with Crippen molar-refractivity contribution in [3.63, 3.8) is 0 Å². The molecule has 8 atom stereocenters. The fourth-order valence-electron chi connectivity index (χ4n) is 3.38. The smallest absolute Gasteiger partial charge is 0.294 e. The summed E-state index contributed by atoms with van der Waals surface area (Å²) < 4.78 is 22.5.